The van der Waals surface area contributed by atoms with Crippen molar-refractivity contribution in [2.45, 2.75) is 37.8 Å². The van der Waals surface area contributed by atoms with E-state index >= 15 is 0 Å². The van der Waals surface area contributed by atoms with Crippen LogP contribution >= 0.6 is 0 Å². The molecule has 66 valence electrons. The summed E-state index contributed by atoms with van der Waals surface area (Å²) in [5, 5.41) is 5.44. The van der Waals surface area contributed by atoms with Crippen LogP contribution in [0.25, 0.3) is 0 Å². The molecule has 2 amide bonds. The van der Waals surface area contributed by atoms with Gasteiger partial charge in [-0.1, -0.05) is 6.42 Å². The van der Waals surface area contributed by atoms with Gasteiger partial charge >= 0.3 is 11.8 Å². The van der Waals surface area contributed by atoms with Crippen molar-refractivity contribution < 1.29 is 9.59 Å². The van der Waals surface area contributed by atoms with E-state index in [0.717, 1.165) is 25.7 Å². The van der Waals surface area contributed by atoms with E-state index in [1.165, 1.54) is 6.42 Å². The molecule has 1 aliphatic heterocycles. The van der Waals surface area contributed by atoms with Crippen LogP contribution in [-0.2, 0) is 9.59 Å². The Hall–Kier alpha value is -1.06. The SMILES string of the molecule is O=C1NC2(CCCCC2)NC1=O. The van der Waals surface area contributed by atoms with Crippen LogP contribution < -0.4 is 10.6 Å². The second-order valence-corrected chi connectivity index (χ2v) is 3.55. The highest BCUT2D eigenvalue weighted by Gasteiger charge is 2.42. The fourth-order valence-corrected chi connectivity index (χ4v) is 1.98. The van der Waals surface area contributed by atoms with E-state index in [-0.39, 0.29) is 5.66 Å². The molecule has 1 saturated carbocycles. The van der Waals surface area contributed by atoms with Crippen LogP contribution in [0.4, 0.5) is 0 Å². The zero-order valence-electron chi connectivity index (χ0n) is 6.85. The molecule has 1 saturated heterocycles. The molecule has 4 heteroatoms. The maximum atomic E-state index is 10.9. The van der Waals surface area contributed by atoms with E-state index in [9.17, 15) is 9.59 Å². The molecule has 4 nitrogen and oxygen atoms in total. The van der Waals surface area contributed by atoms with E-state index < -0.39 is 11.8 Å². The average molecular weight is 168 g/mol. The van der Waals surface area contributed by atoms with Crippen LogP contribution in [0.5, 0.6) is 0 Å². The zero-order valence-corrected chi connectivity index (χ0v) is 6.85. The molecule has 0 aromatic carbocycles. The molecule has 2 fully saturated rings. The van der Waals surface area contributed by atoms with Crippen molar-refractivity contribution in [3.63, 3.8) is 0 Å². The maximum absolute atomic E-state index is 10.9. The summed E-state index contributed by atoms with van der Waals surface area (Å²) in [5.74, 6) is -0.950. The van der Waals surface area contributed by atoms with Crippen molar-refractivity contribution >= 4 is 11.8 Å². The molecule has 0 aromatic heterocycles. The second-order valence-electron chi connectivity index (χ2n) is 3.55. The predicted molar refractivity (Wildman–Crippen MR) is 42.1 cm³/mol. The van der Waals surface area contributed by atoms with Gasteiger partial charge in [-0.15, -0.1) is 0 Å². The lowest BCUT2D eigenvalue weighted by Crippen LogP contribution is -2.51. The normalized spacial score (nSPS) is 27.0. The van der Waals surface area contributed by atoms with Gasteiger partial charge < -0.3 is 10.6 Å². The van der Waals surface area contributed by atoms with E-state index in [2.05, 4.69) is 10.6 Å². The molecule has 1 aliphatic carbocycles. The number of carbonyl (C=O) groups is 2. The van der Waals surface area contributed by atoms with E-state index in [0.29, 0.717) is 0 Å². The summed E-state index contributed by atoms with van der Waals surface area (Å²) < 4.78 is 0. The van der Waals surface area contributed by atoms with Crippen molar-refractivity contribution in [1.29, 1.82) is 0 Å². The number of hydrogen-bond donors (Lipinski definition) is 2. The third-order valence-corrected chi connectivity index (χ3v) is 2.62. The molecule has 0 atom stereocenters. The Morgan fingerprint density at radius 2 is 1.42 bits per heavy atom. The molecule has 2 aliphatic rings. The van der Waals surface area contributed by atoms with Gasteiger partial charge in [0, 0.05) is 0 Å². The van der Waals surface area contributed by atoms with E-state index in [4.69, 9.17) is 0 Å². The lowest BCUT2D eigenvalue weighted by Gasteiger charge is -2.32. The number of nitrogens with one attached hydrogen (secondary N) is 2. The van der Waals surface area contributed by atoms with E-state index in [1.54, 1.807) is 0 Å². The Bertz CT molecular complexity index is 213. The van der Waals surface area contributed by atoms with Gasteiger partial charge in [-0.3, -0.25) is 9.59 Å². The molecule has 0 radical (unpaired) electrons. The molecule has 1 spiro atoms. The van der Waals surface area contributed by atoms with Crippen molar-refractivity contribution in [1.82, 2.24) is 10.6 Å². The van der Waals surface area contributed by atoms with Crippen LogP contribution in [0.15, 0.2) is 0 Å². The van der Waals surface area contributed by atoms with Crippen LogP contribution in [0.2, 0.25) is 0 Å². The average Bonchev–Trinajstić information content (AvgIpc) is 2.29. The van der Waals surface area contributed by atoms with Crippen LogP contribution in [0.1, 0.15) is 32.1 Å². The standard InChI is InChI=1S/C8H12N2O2/c11-6-7(12)10-8(9-6)4-2-1-3-5-8/h1-5H2,(H,9,11)(H,10,12). The zero-order chi connectivity index (χ0) is 8.60. The van der Waals surface area contributed by atoms with Gasteiger partial charge in [-0.2, -0.15) is 0 Å². The van der Waals surface area contributed by atoms with Gasteiger partial charge in [-0.25, -0.2) is 0 Å². The highest BCUT2D eigenvalue weighted by Crippen LogP contribution is 2.27. The Labute approximate surface area is 70.7 Å². The smallest absolute Gasteiger partial charge is 0.311 e. The summed E-state index contributed by atoms with van der Waals surface area (Å²) in [5.41, 5.74) is -0.383. The molecule has 2 rings (SSSR count). The molecule has 12 heavy (non-hydrogen) atoms. The molecule has 0 bridgehead atoms. The first kappa shape index (κ1) is 7.58. The first-order chi connectivity index (χ1) is 5.72. The molecular weight excluding hydrogens is 156 g/mol. The number of rotatable bonds is 0. The van der Waals surface area contributed by atoms with Crippen molar-refractivity contribution in [2.24, 2.45) is 0 Å². The third-order valence-electron chi connectivity index (χ3n) is 2.62. The monoisotopic (exact) mass is 168 g/mol. The molecular formula is C8H12N2O2. The number of carbonyl (C=O) groups excluding carboxylic acids is 2. The Morgan fingerprint density at radius 1 is 0.917 bits per heavy atom. The summed E-state index contributed by atoms with van der Waals surface area (Å²) in [7, 11) is 0. The van der Waals surface area contributed by atoms with Gasteiger partial charge in [0.2, 0.25) is 0 Å². The number of hydrogen-bond acceptors (Lipinski definition) is 2. The van der Waals surface area contributed by atoms with Gasteiger partial charge in [-0.05, 0) is 25.7 Å². The minimum Gasteiger partial charge on any atom is -0.325 e. The fraction of sp³-hybridized carbons (Fsp3) is 0.750. The lowest BCUT2D eigenvalue weighted by atomic mass is 9.90. The third kappa shape index (κ3) is 1.07. The highest BCUT2D eigenvalue weighted by atomic mass is 16.2. The van der Waals surface area contributed by atoms with Gasteiger partial charge in [0.25, 0.3) is 0 Å². The van der Waals surface area contributed by atoms with Gasteiger partial charge in [0.1, 0.15) is 5.66 Å². The number of amides is 2. The largest absolute Gasteiger partial charge is 0.325 e. The maximum Gasteiger partial charge on any atom is 0.311 e. The summed E-state index contributed by atoms with van der Waals surface area (Å²) >= 11 is 0. The quantitative estimate of drug-likeness (QED) is 0.496. The van der Waals surface area contributed by atoms with Crippen molar-refractivity contribution in [3.05, 3.63) is 0 Å². The van der Waals surface area contributed by atoms with Gasteiger partial charge in [0.05, 0.1) is 0 Å². The van der Waals surface area contributed by atoms with Crippen LogP contribution in [-0.4, -0.2) is 17.5 Å². The summed E-state index contributed by atoms with van der Waals surface area (Å²) in [6.45, 7) is 0. The second kappa shape index (κ2) is 2.47. The van der Waals surface area contributed by atoms with Crippen molar-refractivity contribution in [2.75, 3.05) is 0 Å². The topological polar surface area (TPSA) is 58.2 Å². The minimum absolute atomic E-state index is 0.383. The summed E-state index contributed by atoms with van der Waals surface area (Å²) in [4.78, 5) is 21.8. The highest BCUT2D eigenvalue weighted by molar-refractivity contribution is 6.37. The Balaban J connectivity index is 2.12. The molecule has 2 N–H and O–H groups in total. The van der Waals surface area contributed by atoms with E-state index in [1.807, 2.05) is 0 Å². The van der Waals surface area contributed by atoms with Crippen molar-refractivity contribution in [3.8, 4) is 0 Å². The first-order valence-electron chi connectivity index (χ1n) is 4.37. The fourth-order valence-electron chi connectivity index (χ4n) is 1.98. The Morgan fingerprint density at radius 3 is 1.92 bits per heavy atom. The predicted octanol–water partition coefficient (Wildman–Crippen LogP) is -0.107. The molecule has 0 unspecified atom stereocenters. The van der Waals surface area contributed by atoms with Gasteiger partial charge in [0.15, 0.2) is 0 Å². The van der Waals surface area contributed by atoms with Crippen LogP contribution in [0, 0.1) is 0 Å². The molecule has 0 aromatic rings. The molecule has 1 heterocycles. The summed E-state index contributed by atoms with van der Waals surface area (Å²) in [6.07, 6.45) is 5.13. The van der Waals surface area contributed by atoms with Crippen LogP contribution in [0.3, 0.4) is 0 Å². The Kier molecular flexibility index (Phi) is 1.56. The summed E-state index contributed by atoms with van der Waals surface area (Å²) in [6, 6.07) is 0. The lowest BCUT2D eigenvalue weighted by molar-refractivity contribution is -0.135. The first-order valence-corrected chi connectivity index (χ1v) is 4.37. The minimum atomic E-state index is -0.475.